The van der Waals surface area contributed by atoms with Gasteiger partial charge in [0, 0.05) is 25.2 Å². The van der Waals surface area contributed by atoms with Gasteiger partial charge in [-0.25, -0.2) is 22.1 Å². The minimum Gasteiger partial charge on any atom is -0.486 e. The van der Waals surface area contributed by atoms with Gasteiger partial charge in [0.1, 0.15) is 28.9 Å². The van der Waals surface area contributed by atoms with E-state index >= 15 is 0 Å². The topological polar surface area (TPSA) is 88.6 Å². The van der Waals surface area contributed by atoms with Crippen molar-refractivity contribution in [1.29, 1.82) is 0 Å². The number of rotatable bonds is 7. The van der Waals surface area contributed by atoms with Crippen LogP contribution in [0, 0.1) is 12.7 Å². The van der Waals surface area contributed by atoms with Crippen molar-refractivity contribution < 1.29 is 22.3 Å². The first kappa shape index (κ1) is 21.9. The number of hydrogen-bond donors (Lipinski definition) is 1. The maximum absolute atomic E-state index is 12.9. The van der Waals surface area contributed by atoms with Crippen molar-refractivity contribution in [1.82, 2.24) is 9.29 Å². The highest BCUT2D eigenvalue weighted by atomic mass is 32.2. The van der Waals surface area contributed by atoms with E-state index in [2.05, 4.69) is 10.3 Å². The molecular weight excluding hydrogens is 429 g/mol. The molecule has 2 aromatic carbocycles. The van der Waals surface area contributed by atoms with Crippen molar-refractivity contribution >= 4 is 33.0 Å². The Hall–Kier alpha value is -2.82. The second-order valence-electron chi connectivity index (χ2n) is 6.59. The molecule has 7 nitrogen and oxygen atoms in total. The molecule has 0 saturated heterocycles. The van der Waals surface area contributed by atoms with Crippen LogP contribution in [0.25, 0.3) is 0 Å². The SMILES string of the molecule is Cc1ccc(S(=O)(=O)N(C)C)cc1NC(=O)c1csc(COc2ccc(F)cc2)n1. The van der Waals surface area contributed by atoms with E-state index in [0.29, 0.717) is 16.4 Å². The number of thiazole rings is 1. The quantitative estimate of drug-likeness (QED) is 0.595. The Labute approximate surface area is 178 Å². The lowest BCUT2D eigenvalue weighted by molar-refractivity contribution is 0.102. The molecule has 1 N–H and O–H groups in total. The molecule has 0 aliphatic rings. The molecule has 0 atom stereocenters. The number of hydrogen-bond acceptors (Lipinski definition) is 6. The lowest BCUT2D eigenvalue weighted by Crippen LogP contribution is -2.22. The average Bonchev–Trinajstić information content (AvgIpc) is 3.18. The summed E-state index contributed by atoms with van der Waals surface area (Å²) in [6.07, 6.45) is 0. The van der Waals surface area contributed by atoms with Crippen LogP contribution in [0.5, 0.6) is 5.75 Å². The van der Waals surface area contributed by atoms with Gasteiger partial charge in [-0.05, 0) is 48.9 Å². The summed E-state index contributed by atoms with van der Waals surface area (Å²) in [5, 5.41) is 4.88. The maximum Gasteiger partial charge on any atom is 0.275 e. The Morgan fingerprint density at radius 2 is 1.90 bits per heavy atom. The van der Waals surface area contributed by atoms with Crippen molar-refractivity contribution in [2.24, 2.45) is 0 Å². The maximum atomic E-state index is 12.9. The summed E-state index contributed by atoms with van der Waals surface area (Å²) in [6.45, 7) is 1.91. The minimum atomic E-state index is -3.62. The number of benzene rings is 2. The average molecular weight is 450 g/mol. The first-order chi connectivity index (χ1) is 14.2. The zero-order valence-electron chi connectivity index (χ0n) is 16.5. The molecule has 0 fully saturated rings. The number of halogens is 1. The van der Waals surface area contributed by atoms with E-state index in [-0.39, 0.29) is 23.0 Å². The largest absolute Gasteiger partial charge is 0.486 e. The molecular formula is C20H20FN3O4S2. The number of ether oxygens (including phenoxy) is 1. The van der Waals surface area contributed by atoms with Crippen LogP contribution in [-0.2, 0) is 16.6 Å². The predicted octanol–water partition coefficient (Wildman–Crippen LogP) is 3.67. The van der Waals surface area contributed by atoms with Gasteiger partial charge in [0.25, 0.3) is 5.91 Å². The molecule has 0 saturated carbocycles. The van der Waals surface area contributed by atoms with Crippen molar-refractivity contribution in [2.75, 3.05) is 19.4 Å². The monoisotopic (exact) mass is 449 g/mol. The van der Waals surface area contributed by atoms with Crippen molar-refractivity contribution in [3.8, 4) is 5.75 Å². The number of amides is 1. The molecule has 0 bridgehead atoms. The van der Waals surface area contributed by atoms with Gasteiger partial charge < -0.3 is 10.1 Å². The number of carbonyl (C=O) groups excluding carboxylic acids is 1. The summed E-state index contributed by atoms with van der Waals surface area (Å²) in [6, 6.07) is 10.2. The molecule has 30 heavy (non-hydrogen) atoms. The summed E-state index contributed by atoms with van der Waals surface area (Å²) in [5.74, 6) is -0.317. The van der Waals surface area contributed by atoms with Crippen LogP contribution < -0.4 is 10.1 Å². The summed E-state index contributed by atoms with van der Waals surface area (Å²) in [7, 11) is -0.735. The van der Waals surface area contributed by atoms with Gasteiger partial charge in [-0.15, -0.1) is 11.3 Å². The number of aryl methyl sites for hydroxylation is 1. The molecule has 0 radical (unpaired) electrons. The van der Waals surface area contributed by atoms with E-state index < -0.39 is 15.9 Å². The minimum absolute atomic E-state index is 0.0834. The Morgan fingerprint density at radius 3 is 2.57 bits per heavy atom. The standard InChI is InChI=1S/C20H20FN3O4S2/c1-13-4-9-16(30(26,27)24(2)3)10-17(13)23-20(25)18-12-29-19(22-18)11-28-15-7-5-14(21)6-8-15/h4-10,12H,11H2,1-3H3,(H,23,25). The first-order valence-electron chi connectivity index (χ1n) is 8.84. The van der Waals surface area contributed by atoms with Gasteiger partial charge in [0.15, 0.2) is 0 Å². The summed E-state index contributed by atoms with van der Waals surface area (Å²) >= 11 is 1.25. The molecule has 158 valence electrons. The third kappa shape index (κ3) is 5.02. The van der Waals surface area contributed by atoms with Gasteiger partial charge >= 0.3 is 0 Å². The fraction of sp³-hybridized carbons (Fsp3) is 0.200. The normalized spacial score (nSPS) is 11.5. The highest BCUT2D eigenvalue weighted by Crippen LogP contribution is 2.23. The number of nitrogens with zero attached hydrogens (tertiary/aromatic N) is 2. The van der Waals surface area contributed by atoms with Crippen molar-refractivity contribution in [3.63, 3.8) is 0 Å². The fourth-order valence-corrected chi connectivity index (χ4v) is 4.06. The highest BCUT2D eigenvalue weighted by Gasteiger charge is 2.19. The third-order valence-electron chi connectivity index (χ3n) is 4.20. The number of anilines is 1. The summed E-state index contributed by atoms with van der Waals surface area (Å²) < 4.78 is 44.2. The lowest BCUT2D eigenvalue weighted by Gasteiger charge is -2.14. The molecule has 1 heterocycles. The van der Waals surface area contributed by atoms with Crippen LogP contribution in [0.1, 0.15) is 21.1 Å². The Morgan fingerprint density at radius 1 is 1.20 bits per heavy atom. The second-order valence-corrected chi connectivity index (χ2v) is 9.68. The van der Waals surface area contributed by atoms with Gasteiger partial charge in [0.2, 0.25) is 10.0 Å². The van der Waals surface area contributed by atoms with E-state index in [1.54, 1.807) is 18.4 Å². The van der Waals surface area contributed by atoms with E-state index in [4.69, 9.17) is 4.74 Å². The molecule has 10 heteroatoms. The zero-order valence-corrected chi connectivity index (χ0v) is 18.2. The molecule has 0 aliphatic heterocycles. The number of nitrogens with one attached hydrogen (secondary N) is 1. The van der Waals surface area contributed by atoms with Crippen molar-refractivity contribution in [3.05, 3.63) is 69.9 Å². The van der Waals surface area contributed by atoms with Crippen LogP contribution in [0.4, 0.5) is 10.1 Å². The Bertz CT molecular complexity index is 1160. The fourth-order valence-electron chi connectivity index (χ4n) is 2.45. The Balaban J connectivity index is 1.70. The molecule has 3 rings (SSSR count). The van der Waals surface area contributed by atoms with E-state index in [1.165, 1.54) is 61.8 Å². The van der Waals surface area contributed by atoms with E-state index in [0.717, 1.165) is 9.87 Å². The summed E-state index contributed by atoms with van der Waals surface area (Å²) in [5.41, 5.74) is 1.30. The molecule has 0 spiro atoms. The van der Waals surface area contributed by atoms with Crippen LogP contribution in [-0.4, -0.2) is 37.7 Å². The predicted molar refractivity (Wildman–Crippen MR) is 113 cm³/mol. The smallest absolute Gasteiger partial charge is 0.275 e. The lowest BCUT2D eigenvalue weighted by atomic mass is 10.2. The molecule has 0 aliphatic carbocycles. The van der Waals surface area contributed by atoms with Gasteiger partial charge in [-0.1, -0.05) is 6.07 Å². The number of aromatic nitrogens is 1. The third-order valence-corrected chi connectivity index (χ3v) is 6.83. The van der Waals surface area contributed by atoms with Crippen molar-refractivity contribution in [2.45, 2.75) is 18.4 Å². The first-order valence-corrected chi connectivity index (χ1v) is 11.2. The Kier molecular flexibility index (Phi) is 6.49. The van der Waals surface area contributed by atoms with Crippen LogP contribution in [0.3, 0.4) is 0 Å². The van der Waals surface area contributed by atoms with Crippen LogP contribution in [0.2, 0.25) is 0 Å². The summed E-state index contributed by atoms with van der Waals surface area (Å²) in [4.78, 5) is 16.9. The molecule has 1 amide bonds. The van der Waals surface area contributed by atoms with E-state index in [1.807, 2.05) is 0 Å². The second kappa shape index (κ2) is 8.90. The highest BCUT2D eigenvalue weighted by molar-refractivity contribution is 7.89. The molecule has 3 aromatic rings. The molecule has 1 aromatic heterocycles. The van der Waals surface area contributed by atoms with Crippen LogP contribution >= 0.6 is 11.3 Å². The van der Waals surface area contributed by atoms with Crippen LogP contribution in [0.15, 0.2) is 52.7 Å². The van der Waals surface area contributed by atoms with Gasteiger partial charge in [0.05, 0.1) is 4.90 Å². The van der Waals surface area contributed by atoms with Gasteiger partial charge in [-0.2, -0.15) is 0 Å². The number of sulfonamides is 1. The van der Waals surface area contributed by atoms with E-state index in [9.17, 15) is 17.6 Å². The zero-order chi connectivity index (χ0) is 21.9. The number of carbonyl (C=O) groups is 1. The molecule has 0 unspecified atom stereocenters. The van der Waals surface area contributed by atoms with Gasteiger partial charge in [-0.3, -0.25) is 4.79 Å².